The number of thiophene rings is 1. The summed E-state index contributed by atoms with van der Waals surface area (Å²) in [6, 6.07) is 21.2. The molecule has 35 heavy (non-hydrogen) atoms. The molecule has 0 amide bonds. The molecule has 0 aliphatic carbocycles. The Morgan fingerprint density at radius 1 is 1.20 bits per heavy atom. The molecule has 174 valence electrons. The maximum absolute atomic E-state index is 11.3. The maximum Gasteiger partial charge on any atom is 0.273 e. The summed E-state index contributed by atoms with van der Waals surface area (Å²) in [7, 11) is 0. The molecule has 5 rings (SSSR count). The molecule has 0 spiro atoms. The summed E-state index contributed by atoms with van der Waals surface area (Å²) >= 11 is 1.55. The lowest BCUT2D eigenvalue weighted by atomic mass is 10.0. The highest BCUT2D eigenvalue weighted by Gasteiger charge is 2.24. The average Bonchev–Trinajstić information content (AvgIpc) is 3.47. The molecular formula is C27H22N4O3S. The van der Waals surface area contributed by atoms with Crippen LogP contribution in [0.5, 0.6) is 0 Å². The smallest absolute Gasteiger partial charge is 0.273 e. The number of hydrogen-bond donors (Lipinski definition) is 0. The van der Waals surface area contributed by atoms with Gasteiger partial charge in [0.15, 0.2) is 0 Å². The third-order valence-electron chi connectivity index (χ3n) is 6.18. The number of fused-ring (bicyclic) bond motifs is 1. The number of nitro groups is 1. The van der Waals surface area contributed by atoms with Gasteiger partial charge >= 0.3 is 0 Å². The second-order valence-corrected chi connectivity index (χ2v) is 9.49. The first kappa shape index (κ1) is 22.7. The topological polar surface area (TPSA) is 95.7 Å². The van der Waals surface area contributed by atoms with Crippen LogP contribution in [-0.2, 0) is 19.5 Å². The second kappa shape index (κ2) is 9.66. The zero-order valence-electron chi connectivity index (χ0n) is 19.1. The Kier molecular flexibility index (Phi) is 6.27. The van der Waals surface area contributed by atoms with Crippen LogP contribution < -0.4 is 0 Å². The van der Waals surface area contributed by atoms with E-state index < -0.39 is 4.92 Å². The number of nitrogens with zero attached hydrogens (tertiary/aromatic N) is 4. The minimum Gasteiger partial charge on any atom is -0.455 e. The molecule has 0 fully saturated rings. The molecule has 0 atom stereocenters. The molecule has 3 heterocycles. The van der Waals surface area contributed by atoms with E-state index in [1.165, 1.54) is 16.5 Å². The Morgan fingerprint density at radius 2 is 2.03 bits per heavy atom. The fourth-order valence-electron chi connectivity index (χ4n) is 4.40. The van der Waals surface area contributed by atoms with Gasteiger partial charge in [-0.1, -0.05) is 42.5 Å². The molecular weight excluding hydrogens is 460 g/mol. The van der Waals surface area contributed by atoms with Crippen LogP contribution in [0.4, 0.5) is 10.7 Å². The minimum atomic E-state index is -0.396. The summed E-state index contributed by atoms with van der Waals surface area (Å²) in [5.74, 6) is 1.06. The Labute approximate surface area is 206 Å². The number of benzene rings is 2. The predicted octanol–water partition coefficient (Wildman–Crippen LogP) is 6.41. The van der Waals surface area contributed by atoms with Crippen molar-refractivity contribution in [1.29, 1.82) is 5.26 Å². The van der Waals surface area contributed by atoms with Gasteiger partial charge in [0.05, 0.1) is 16.7 Å². The molecule has 0 saturated heterocycles. The SMILES string of the molecule is Cc1c(-c2ccc(C=Nc3sc4c(c3C#N)CCN(Cc3ccccc3)C4)o2)cccc1[N+](=O)[O-]. The monoisotopic (exact) mass is 482 g/mol. The van der Waals surface area contributed by atoms with E-state index in [2.05, 4.69) is 40.2 Å². The van der Waals surface area contributed by atoms with Crippen LogP contribution in [0.3, 0.4) is 0 Å². The summed E-state index contributed by atoms with van der Waals surface area (Å²) in [6.45, 7) is 4.29. The second-order valence-electron chi connectivity index (χ2n) is 8.41. The number of nitriles is 1. The van der Waals surface area contributed by atoms with E-state index in [-0.39, 0.29) is 5.69 Å². The van der Waals surface area contributed by atoms with Gasteiger partial charge in [-0.15, -0.1) is 11.3 Å². The van der Waals surface area contributed by atoms with Crippen molar-refractivity contribution in [3.8, 4) is 17.4 Å². The van der Waals surface area contributed by atoms with Crippen molar-refractivity contribution in [2.45, 2.75) is 26.4 Å². The van der Waals surface area contributed by atoms with Gasteiger partial charge in [0.2, 0.25) is 0 Å². The van der Waals surface area contributed by atoms with Crippen LogP contribution in [0, 0.1) is 28.4 Å². The molecule has 0 radical (unpaired) electrons. The molecule has 2 aromatic carbocycles. The molecule has 0 N–H and O–H groups in total. The van der Waals surface area contributed by atoms with E-state index in [0.717, 1.165) is 31.6 Å². The molecule has 4 aromatic rings. The first-order valence-electron chi connectivity index (χ1n) is 11.2. The first-order valence-corrected chi connectivity index (χ1v) is 12.0. The van der Waals surface area contributed by atoms with E-state index in [1.807, 2.05) is 6.07 Å². The van der Waals surface area contributed by atoms with Crippen molar-refractivity contribution in [1.82, 2.24) is 4.90 Å². The number of aliphatic imine (C=N–C) groups is 1. The van der Waals surface area contributed by atoms with Crippen LogP contribution >= 0.6 is 11.3 Å². The molecule has 0 saturated carbocycles. The number of rotatable bonds is 6. The van der Waals surface area contributed by atoms with Crippen LogP contribution in [0.1, 0.15) is 32.9 Å². The highest BCUT2D eigenvalue weighted by atomic mass is 32.1. The quantitative estimate of drug-likeness (QED) is 0.180. The minimum absolute atomic E-state index is 0.0539. The normalized spacial score (nSPS) is 13.6. The van der Waals surface area contributed by atoms with Gasteiger partial charge in [0.25, 0.3) is 5.69 Å². The Morgan fingerprint density at radius 3 is 2.80 bits per heavy atom. The van der Waals surface area contributed by atoms with Gasteiger partial charge in [-0.2, -0.15) is 5.26 Å². The molecule has 1 aliphatic heterocycles. The van der Waals surface area contributed by atoms with Gasteiger partial charge in [0, 0.05) is 41.7 Å². The predicted molar refractivity (Wildman–Crippen MR) is 136 cm³/mol. The van der Waals surface area contributed by atoms with E-state index >= 15 is 0 Å². The maximum atomic E-state index is 11.3. The third kappa shape index (κ3) is 4.64. The summed E-state index contributed by atoms with van der Waals surface area (Å²) in [6.07, 6.45) is 2.43. The Balaban J connectivity index is 1.36. The van der Waals surface area contributed by atoms with Crippen molar-refractivity contribution in [2.24, 2.45) is 4.99 Å². The van der Waals surface area contributed by atoms with Crippen LogP contribution in [0.25, 0.3) is 11.3 Å². The molecule has 1 aliphatic rings. The van der Waals surface area contributed by atoms with Gasteiger partial charge in [-0.25, -0.2) is 4.99 Å². The van der Waals surface area contributed by atoms with Gasteiger partial charge in [-0.05, 0) is 36.6 Å². The summed E-state index contributed by atoms with van der Waals surface area (Å²) in [5, 5.41) is 21.7. The van der Waals surface area contributed by atoms with E-state index in [4.69, 9.17) is 4.42 Å². The van der Waals surface area contributed by atoms with Crippen molar-refractivity contribution >= 4 is 28.2 Å². The Hall–Kier alpha value is -4.06. The average molecular weight is 483 g/mol. The molecule has 2 aromatic heterocycles. The van der Waals surface area contributed by atoms with E-state index in [9.17, 15) is 15.4 Å². The van der Waals surface area contributed by atoms with Gasteiger partial charge < -0.3 is 4.42 Å². The first-order chi connectivity index (χ1) is 17.0. The van der Waals surface area contributed by atoms with Gasteiger partial charge in [-0.3, -0.25) is 15.0 Å². The van der Waals surface area contributed by atoms with Crippen LogP contribution in [0.2, 0.25) is 0 Å². The van der Waals surface area contributed by atoms with E-state index in [0.29, 0.717) is 33.2 Å². The summed E-state index contributed by atoms with van der Waals surface area (Å²) < 4.78 is 5.91. The van der Waals surface area contributed by atoms with Crippen molar-refractivity contribution in [3.63, 3.8) is 0 Å². The largest absolute Gasteiger partial charge is 0.455 e. The number of hydrogen-bond acceptors (Lipinski definition) is 7. The number of nitro benzene ring substituents is 1. The lowest BCUT2D eigenvalue weighted by molar-refractivity contribution is -0.385. The standard InChI is InChI=1S/C27H22N4O3S/c1-18-21(8-5-9-24(18)31(32)33)25-11-10-20(34-25)15-29-27-23(14-28)22-12-13-30(17-26(22)35-27)16-19-6-3-2-4-7-19/h2-11,15H,12-13,16-17H2,1H3. The zero-order valence-corrected chi connectivity index (χ0v) is 19.9. The summed E-state index contributed by atoms with van der Waals surface area (Å²) in [4.78, 5) is 19.0. The fraction of sp³-hybridized carbons (Fsp3) is 0.185. The van der Waals surface area contributed by atoms with Crippen LogP contribution in [-0.4, -0.2) is 22.6 Å². The Bertz CT molecular complexity index is 1460. The van der Waals surface area contributed by atoms with Crippen molar-refractivity contribution in [2.75, 3.05) is 6.54 Å². The fourth-order valence-corrected chi connectivity index (χ4v) is 5.59. The van der Waals surface area contributed by atoms with Crippen molar-refractivity contribution < 1.29 is 9.34 Å². The third-order valence-corrected chi connectivity index (χ3v) is 7.31. The van der Waals surface area contributed by atoms with E-state index in [1.54, 1.807) is 48.7 Å². The van der Waals surface area contributed by atoms with Gasteiger partial charge in [0.1, 0.15) is 22.6 Å². The lowest BCUT2D eigenvalue weighted by Crippen LogP contribution is -2.29. The zero-order chi connectivity index (χ0) is 24.4. The summed E-state index contributed by atoms with van der Waals surface area (Å²) in [5.41, 5.74) is 4.29. The highest BCUT2D eigenvalue weighted by Crippen LogP contribution is 2.39. The molecule has 7 nitrogen and oxygen atoms in total. The molecule has 0 bridgehead atoms. The molecule has 8 heteroatoms. The lowest BCUT2D eigenvalue weighted by Gasteiger charge is -2.26. The van der Waals surface area contributed by atoms with Crippen LogP contribution in [0.15, 0.2) is 70.1 Å². The molecule has 0 unspecified atom stereocenters. The number of furan rings is 1. The highest BCUT2D eigenvalue weighted by molar-refractivity contribution is 7.16. The van der Waals surface area contributed by atoms with Crippen molar-refractivity contribution in [3.05, 3.63) is 104 Å².